The molecule has 0 saturated heterocycles. The van der Waals surface area contributed by atoms with E-state index in [2.05, 4.69) is 43.6 Å². The molecule has 5 heteroatoms. The molecule has 68 valence electrons. The third kappa shape index (κ3) is 1.38. The molecule has 2 aromatic rings. The van der Waals surface area contributed by atoms with Gasteiger partial charge in [0.1, 0.15) is 9.22 Å². The van der Waals surface area contributed by atoms with Crippen LogP contribution in [0.3, 0.4) is 0 Å². The van der Waals surface area contributed by atoms with Gasteiger partial charge in [-0.2, -0.15) is 5.10 Å². The quantitative estimate of drug-likeness (QED) is 0.665. The molecule has 0 spiro atoms. The number of aryl methyl sites for hydroxylation is 1. The second kappa shape index (κ2) is 3.20. The summed E-state index contributed by atoms with van der Waals surface area (Å²) < 4.78 is 16.4. The fourth-order valence-corrected chi connectivity index (χ4v) is 2.34. The van der Waals surface area contributed by atoms with E-state index in [0.29, 0.717) is 9.99 Å². The summed E-state index contributed by atoms with van der Waals surface area (Å²) in [6.07, 6.45) is 0. The van der Waals surface area contributed by atoms with Crippen LogP contribution in [0.25, 0.3) is 10.9 Å². The first-order chi connectivity index (χ1) is 6.11. The van der Waals surface area contributed by atoms with Crippen LogP contribution in [0.5, 0.6) is 0 Å². The predicted octanol–water partition coefficient (Wildman–Crippen LogP) is 3.08. The lowest BCUT2D eigenvalue weighted by Gasteiger charge is -1.97. The number of nitrogens with zero attached hydrogens (tertiary/aromatic N) is 2. The second-order valence-electron chi connectivity index (χ2n) is 2.67. The molecule has 2 rings (SSSR count). The van der Waals surface area contributed by atoms with Crippen LogP contribution in [0.1, 0.15) is 0 Å². The summed E-state index contributed by atoms with van der Waals surface area (Å²) in [5, 5.41) is 4.99. The average Bonchev–Trinajstić information content (AvgIpc) is 2.35. The Labute approximate surface area is 96.4 Å². The Morgan fingerprint density at radius 1 is 1.54 bits per heavy atom. The molecule has 0 saturated carbocycles. The number of benzene rings is 1. The summed E-state index contributed by atoms with van der Waals surface area (Å²) >= 11 is 5.23. The molecular weight excluding hydrogens is 350 g/mol. The van der Waals surface area contributed by atoms with E-state index in [1.807, 2.05) is 6.07 Å². The van der Waals surface area contributed by atoms with Gasteiger partial charge in [0.25, 0.3) is 0 Å². The van der Waals surface area contributed by atoms with Crippen molar-refractivity contribution in [2.45, 2.75) is 0 Å². The van der Waals surface area contributed by atoms with Crippen LogP contribution < -0.4 is 0 Å². The second-order valence-corrected chi connectivity index (χ2v) is 4.55. The Morgan fingerprint density at radius 3 is 2.92 bits per heavy atom. The maximum Gasteiger partial charge on any atom is 0.163 e. The monoisotopic (exact) mass is 354 g/mol. The van der Waals surface area contributed by atoms with Crippen LogP contribution in [0.4, 0.5) is 4.39 Å². The predicted molar refractivity (Wildman–Crippen MR) is 61.1 cm³/mol. The third-order valence-corrected chi connectivity index (χ3v) is 3.26. The lowest BCUT2D eigenvalue weighted by Crippen LogP contribution is -1.92. The van der Waals surface area contributed by atoms with Gasteiger partial charge in [-0.1, -0.05) is 0 Å². The Kier molecular flexibility index (Phi) is 2.31. The van der Waals surface area contributed by atoms with Gasteiger partial charge in [0.15, 0.2) is 5.82 Å². The molecule has 1 aromatic carbocycles. The molecule has 0 aliphatic rings. The van der Waals surface area contributed by atoms with E-state index in [9.17, 15) is 4.39 Å². The number of hydrogen-bond donors (Lipinski definition) is 0. The Balaban J connectivity index is 2.98. The van der Waals surface area contributed by atoms with Gasteiger partial charge in [-0.15, -0.1) is 0 Å². The molecule has 0 aliphatic carbocycles. The zero-order chi connectivity index (χ0) is 9.59. The van der Waals surface area contributed by atoms with Gasteiger partial charge in [-0.05, 0) is 50.7 Å². The van der Waals surface area contributed by atoms with E-state index in [1.165, 1.54) is 0 Å². The highest BCUT2D eigenvalue weighted by molar-refractivity contribution is 14.1. The number of rotatable bonds is 0. The normalized spacial score (nSPS) is 11.1. The molecule has 1 aromatic heterocycles. The van der Waals surface area contributed by atoms with E-state index >= 15 is 0 Å². The molecule has 0 N–H and O–H groups in total. The van der Waals surface area contributed by atoms with Gasteiger partial charge in [-0.3, -0.25) is 4.68 Å². The van der Waals surface area contributed by atoms with Gasteiger partial charge in [0.05, 0.1) is 4.47 Å². The van der Waals surface area contributed by atoms with E-state index in [1.54, 1.807) is 17.8 Å². The van der Waals surface area contributed by atoms with Crippen molar-refractivity contribution in [3.63, 3.8) is 0 Å². The summed E-state index contributed by atoms with van der Waals surface area (Å²) in [6, 6.07) is 3.55. The molecule has 0 bridgehead atoms. The summed E-state index contributed by atoms with van der Waals surface area (Å²) in [6.45, 7) is 0. The van der Waals surface area contributed by atoms with Crippen LogP contribution in [-0.4, -0.2) is 9.78 Å². The Morgan fingerprint density at radius 2 is 2.23 bits per heavy atom. The molecule has 1 heterocycles. The first kappa shape index (κ1) is 9.39. The van der Waals surface area contributed by atoms with Crippen molar-refractivity contribution in [3.05, 3.63) is 26.1 Å². The van der Waals surface area contributed by atoms with Crippen molar-refractivity contribution >= 4 is 49.4 Å². The number of fused-ring (bicyclic) bond motifs is 1. The molecule has 2 nitrogen and oxygen atoms in total. The molecular formula is C8H5BrFIN2. The minimum absolute atomic E-state index is 0.254. The summed E-state index contributed by atoms with van der Waals surface area (Å²) in [4.78, 5) is 0. The first-order valence-corrected chi connectivity index (χ1v) is 5.44. The summed E-state index contributed by atoms with van der Waals surface area (Å²) in [7, 11) is 1.74. The van der Waals surface area contributed by atoms with E-state index in [0.717, 1.165) is 9.09 Å². The lowest BCUT2D eigenvalue weighted by atomic mass is 10.2. The van der Waals surface area contributed by atoms with Crippen LogP contribution in [0, 0.1) is 9.52 Å². The van der Waals surface area contributed by atoms with Crippen molar-refractivity contribution in [1.29, 1.82) is 0 Å². The summed E-state index contributed by atoms with van der Waals surface area (Å²) in [5.41, 5.74) is 0.541. The Hall–Kier alpha value is -0.170. The van der Waals surface area contributed by atoms with Gasteiger partial charge in [-0.25, -0.2) is 4.39 Å². The number of halogens is 3. The number of aromatic nitrogens is 2. The molecule has 0 fully saturated rings. The highest BCUT2D eigenvalue weighted by Gasteiger charge is 2.12. The van der Waals surface area contributed by atoms with Crippen LogP contribution in [0.2, 0.25) is 0 Å². The Bertz CT molecular complexity index is 480. The molecule has 0 unspecified atom stereocenters. The molecule has 0 atom stereocenters. The fraction of sp³-hybridized carbons (Fsp3) is 0.125. The molecule has 13 heavy (non-hydrogen) atoms. The highest BCUT2D eigenvalue weighted by Crippen LogP contribution is 2.27. The summed E-state index contributed by atoms with van der Waals surface area (Å²) in [5.74, 6) is -0.254. The molecule has 0 radical (unpaired) electrons. The topological polar surface area (TPSA) is 17.8 Å². The van der Waals surface area contributed by atoms with Crippen molar-refractivity contribution in [2.75, 3.05) is 0 Å². The smallest absolute Gasteiger partial charge is 0.163 e. The van der Waals surface area contributed by atoms with Crippen LogP contribution >= 0.6 is 38.5 Å². The van der Waals surface area contributed by atoms with E-state index in [4.69, 9.17) is 0 Å². The largest absolute Gasteiger partial charge is 0.264 e. The zero-order valence-electron chi connectivity index (χ0n) is 6.68. The van der Waals surface area contributed by atoms with Crippen molar-refractivity contribution in [1.82, 2.24) is 9.78 Å². The fourth-order valence-electron chi connectivity index (χ4n) is 1.26. The minimum atomic E-state index is -0.254. The van der Waals surface area contributed by atoms with Crippen LogP contribution in [-0.2, 0) is 7.05 Å². The zero-order valence-corrected chi connectivity index (χ0v) is 10.4. The van der Waals surface area contributed by atoms with Crippen molar-refractivity contribution in [3.8, 4) is 0 Å². The lowest BCUT2D eigenvalue weighted by molar-refractivity contribution is 0.619. The van der Waals surface area contributed by atoms with Crippen molar-refractivity contribution in [2.24, 2.45) is 7.05 Å². The first-order valence-electron chi connectivity index (χ1n) is 3.57. The SMILES string of the molecule is Cn1nc(I)c2ccc(Br)c(F)c21. The maximum absolute atomic E-state index is 13.6. The standard InChI is InChI=1S/C8H5BrFIN2/c1-13-7-4(8(11)12-13)2-3-5(9)6(7)10/h2-3H,1H3. The molecule has 0 amide bonds. The van der Waals surface area contributed by atoms with Gasteiger partial charge in [0.2, 0.25) is 0 Å². The van der Waals surface area contributed by atoms with E-state index < -0.39 is 0 Å². The van der Waals surface area contributed by atoms with Gasteiger partial charge in [0, 0.05) is 12.4 Å². The molecule has 0 aliphatic heterocycles. The van der Waals surface area contributed by atoms with E-state index in [-0.39, 0.29) is 5.82 Å². The maximum atomic E-state index is 13.6. The van der Waals surface area contributed by atoms with Gasteiger partial charge < -0.3 is 0 Å². The van der Waals surface area contributed by atoms with Gasteiger partial charge >= 0.3 is 0 Å². The van der Waals surface area contributed by atoms with Crippen molar-refractivity contribution < 1.29 is 4.39 Å². The average molecular weight is 355 g/mol. The highest BCUT2D eigenvalue weighted by atomic mass is 127. The third-order valence-electron chi connectivity index (χ3n) is 1.85. The number of hydrogen-bond acceptors (Lipinski definition) is 1. The van der Waals surface area contributed by atoms with Crippen LogP contribution in [0.15, 0.2) is 16.6 Å². The minimum Gasteiger partial charge on any atom is -0.264 e.